The Kier molecular flexibility index (Phi) is 10.2. The maximum atomic E-state index is 11.2. The van der Waals surface area contributed by atoms with Crippen molar-refractivity contribution in [2.75, 3.05) is 13.1 Å². The van der Waals surface area contributed by atoms with Crippen molar-refractivity contribution in [2.24, 2.45) is 5.73 Å². The molecule has 1 heterocycles. The number of unbranched alkanes of at least 4 members (excludes halogenated alkanes) is 4. The molecule has 114 valence electrons. The summed E-state index contributed by atoms with van der Waals surface area (Å²) in [7, 11) is 0. The molecule has 0 aromatic carbocycles. The molecule has 0 bridgehead atoms. The lowest BCUT2D eigenvalue weighted by Gasteiger charge is -2.12. The van der Waals surface area contributed by atoms with Crippen LogP contribution in [-0.2, 0) is 14.4 Å². The van der Waals surface area contributed by atoms with Gasteiger partial charge in [0.05, 0.1) is 0 Å². The number of aliphatic carboxylic acids is 1. The fourth-order valence-electron chi connectivity index (χ4n) is 1.82. The lowest BCUT2D eigenvalue weighted by atomic mass is 10.1. The molecule has 1 saturated heterocycles. The molecule has 0 aromatic rings. The summed E-state index contributed by atoms with van der Waals surface area (Å²) in [6, 6.07) is 0. The molecule has 2 amide bonds. The van der Waals surface area contributed by atoms with Crippen molar-refractivity contribution in [2.45, 2.75) is 44.9 Å². The Hall–Kier alpha value is -1.69. The number of hydrogen-bond donors (Lipinski definition) is 2. The molecule has 1 aliphatic rings. The van der Waals surface area contributed by atoms with Crippen molar-refractivity contribution in [1.29, 1.82) is 0 Å². The zero-order chi connectivity index (χ0) is 15.4. The number of carbonyl (C=O) groups is 3. The van der Waals surface area contributed by atoms with E-state index in [0.29, 0.717) is 19.4 Å². The molecule has 1 aliphatic heterocycles. The third-order valence-electron chi connectivity index (χ3n) is 2.92. The molecule has 0 spiro atoms. The minimum atomic E-state index is -0.981. The van der Waals surface area contributed by atoms with Crippen LogP contribution in [0.25, 0.3) is 0 Å². The van der Waals surface area contributed by atoms with E-state index >= 15 is 0 Å². The van der Waals surface area contributed by atoms with Crippen molar-refractivity contribution < 1.29 is 19.5 Å². The number of carbonyl (C=O) groups excluding carboxylic acids is 2. The summed E-state index contributed by atoms with van der Waals surface area (Å²) >= 11 is 0. The second-order valence-electron chi connectivity index (χ2n) is 4.54. The first-order valence-electron chi connectivity index (χ1n) is 6.91. The van der Waals surface area contributed by atoms with Crippen LogP contribution in [0.15, 0.2) is 12.7 Å². The van der Waals surface area contributed by atoms with Gasteiger partial charge in [0.25, 0.3) is 0 Å². The van der Waals surface area contributed by atoms with Gasteiger partial charge in [-0.25, -0.2) is 4.79 Å². The quantitative estimate of drug-likeness (QED) is 0.397. The molecular weight excluding hydrogens is 260 g/mol. The third kappa shape index (κ3) is 8.42. The fourth-order valence-corrected chi connectivity index (χ4v) is 1.82. The standard InChI is InChI=1S/C11H20N2O2.C3H4O2/c12-8-4-2-1-3-5-9-13-10(14)6-7-11(13)15;1-2-3(4)5/h1-9,12H2;2H,1H2,(H,4,5). The van der Waals surface area contributed by atoms with E-state index < -0.39 is 5.97 Å². The molecule has 1 rings (SSSR count). The Bertz CT molecular complexity index is 326. The predicted octanol–water partition coefficient (Wildman–Crippen LogP) is 1.30. The van der Waals surface area contributed by atoms with Crippen LogP contribution in [0.3, 0.4) is 0 Å². The molecule has 6 nitrogen and oxygen atoms in total. The maximum absolute atomic E-state index is 11.2. The monoisotopic (exact) mass is 284 g/mol. The largest absolute Gasteiger partial charge is 0.478 e. The summed E-state index contributed by atoms with van der Waals surface area (Å²) in [5.41, 5.74) is 5.38. The van der Waals surface area contributed by atoms with E-state index in [4.69, 9.17) is 10.8 Å². The Morgan fingerprint density at radius 2 is 1.60 bits per heavy atom. The van der Waals surface area contributed by atoms with Crippen molar-refractivity contribution >= 4 is 17.8 Å². The van der Waals surface area contributed by atoms with Gasteiger partial charge in [0.2, 0.25) is 11.8 Å². The van der Waals surface area contributed by atoms with Crippen molar-refractivity contribution in [3.63, 3.8) is 0 Å². The van der Waals surface area contributed by atoms with Crippen LogP contribution in [0.2, 0.25) is 0 Å². The van der Waals surface area contributed by atoms with Crippen LogP contribution in [0.5, 0.6) is 0 Å². The maximum Gasteiger partial charge on any atom is 0.327 e. The predicted molar refractivity (Wildman–Crippen MR) is 75.9 cm³/mol. The number of nitrogens with two attached hydrogens (primary N) is 1. The number of likely N-dealkylation sites (tertiary alicyclic amines) is 1. The molecule has 0 unspecified atom stereocenters. The minimum Gasteiger partial charge on any atom is -0.478 e. The lowest BCUT2D eigenvalue weighted by molar-refractivity contribution is -0.138. The molecule has 3 N–H and O–H groups in total. The molecule has 0 radical (unpaired) electrons. The molecule has 20 heavy (non-hydrogen) atoms. The number of nitrogens with zero attached hydrogens (tertiary/aromatic N) is 1. The van der Waals surface area contributed by atoms with Gasteiger partial charge in [-0.1, -0.05) is 25.8 Å². The van der Waals surface area contributed by atoms with Crippen LogP contribution >= 0.6 is 0 Å². The van der Waals surface area contributed by atoms with Gasteiger partial charge in [-0.3, -0.25) is 14.5 Å². The van der Waals surface area contributed by atoms with Gasteiger partial charge in [-0.05, 0) is 19.4 Å². The van der Waals surface area contributed by atoms with Crippen LogP contribution in [-0.4, -0.2) is 40.9 Å². The highest BCUT2D eigenvalue weighted by atomic mass is 16.4. The van der Waals surface area contributed by atoms with Crippen LogP contribution in [0, 0.1) is 0 Å². The van der Waals surface area contributed by atoms with E-state index in [1.807, 2.05) is 0 Å². The molecule has 0 aromatic heterocycles. The third-order valence-corrected chi connectivity index (χ3v) is 2.92. The first-order valence-corrected chi connectivity index (χ1v) is 6.91. The van der Waals surface area contributed by atoms with E-state index in [9.17, 15) is 14.4 Å². The first-order chi connectivity index (χ1) is 9.52. The SMILES string of the molecule is C=CC(=O)O.NCCCCCCCN1C(=O)CCC1=O. The summed E-state index contributed by atoms with van der Waals surface area (Å²) in [4.78, 5) is 33.1. The normalized spacial score (nSPS) is 13.9. The summed E-state index contributed by atoms with van der Waals surface area (Å²) in [6.07, 6.45) is 7.03. The van der Waals surface area contributed by atoms with Gasteiger partial charge >= 0.3 is 5.97 Å². The smallest absolute Gasteiger partial charge is 0.327 e. The Labute approximate surface area is 119 Å². The first kappa shape index (κ1) is 18.3. The second-order valence-corrected chi connectivity index (χ2v) is 4.54. The van der Waals surface area contributed by atoms with E-state index in [-0.39, 0.29) is 11.8 Å². The van der Waals surface area contributed by atoms with Crippen molar-refractivity contribution in [3.8, 4) is 0 Å². The summed E-state index contributed by atoms with van der Waals surface area (Å²) in [5, 5.41) is 7.60. The average Bonchev–Trinajstić information content (AvgIpc) is 2.74. The van der Waals surface area contributed by atoms with Crippen LogP contribution in [0.1, 0.15) is 44.9 Å². The van der Waals surface area contributed by atoms with Gasteiger partial charge in [0, 0.05) is 25.5 Å². The Balaban J connectivity index is 0.000000621. The van der Waals surface area contributed by atoms with E-state index in [1.54, 1.807) is 0 Å². The number of carboxylic acid groups (broad SMARTS) is 1. The lowest BCUT2D eigenvalue weighted by Crippen LogP contribution is -2.29. The molecular formula is C14H24N2O4. The summed E-state index contributed by atoms with van der Waals surface area (Å²) in [5.74, 6) is -0.978. The van der Waals surface area contributed by atoms with Crippen LogP contribution in [0.4, 0.5) is 0 Å². The number of amides is 2. The van der Waals surface area contributed by atoms with Gasteiger partial charge in [-0.15, -0.1) is 0 Å². The number of imide groups is 1. The number of carboxylic acids is 1. The highest BCUT2D eigenvalue weighted by molar-refractivity contribution is 6.01. The zero-order valence-electron chi connectivity index (χ0n) is 11.8. The molecule has 6 heteroatoms. The molecule has 0 aliphatic carbocycles. The number of hydrogen-bond acceptors (Lipinski definition) is 4. The zero-order valence-corrected chi connectivity index (χ0v) is 11.8. The molecule has 0 saturated carbocycles. The highest BCUT2D eigenvalue weighted by Crippen LogP contribution is 2.13. The van der Waals surface area contributed by atoms with Gasteiger partial charge in [-0.2, -0.15) is 0 Å². The topological polar surface area (TPSA) is 101 Å². The molecule has 1 fully saturated rings. The van der Waals surface area contributed by atoms with Crippen LogP contribution < -0.4 is 5.73 Å². The Morgan fingerprint density at radius 1 is 1.15 bits per heavy atom. The molecule has 0 atom stereocenters. The fraction of sp³-hybridized carbons (Fsp3) is 0.643. The van der Waals surface area contributed by atoms with Gasteiger partial charge < -0.3 is 10.8 Å². The summed E-state index contributed by atoms with van der Waals surface area (Å²) in [6.45, 7) is 4.33. The second kappa shape index (κ2) is 11.2. The van der Waals surface area contributed by atoms with Gasteiger partial charge in [0.15, 0.2) is 0 Å². The number of rotatable bonds is 8. The Morgan fingerprint density at radius 3 is 2.05 bits per heavy atom. The van der Waals surface area contributed by atoms with E-state index in [0.717, 1.165) is 44.7 Å². The van der Waals surface area contributed by atoms with Crippen molar-refractivity contribution in [1.82, 2.24) is 4.90 Å². The van der Waals surface area contributed by atoms with Crippen molar-refractivity contribution in [3.05, 3.63) is 12.7 Å². The van der Waals surface area contributed by atoms with E-state index in [2.05, 4.69) is 6.58 Å². The van der Waals surface area contributed by atoms with Gasteiger partial charge in [0.1, 0.15) is 0 Å². The van der Waals surface area contributed by atoms with E-state index in [1.165, 1.54) is 4.90 Å². The minimum absolute atomic E-state index is 0.00181. The summed E-state index contributed by atoms with van der Waals surface area (Å²) < 4.78 is 0. The highest BCUT2D eigenvalue weighted by Gasteiger charge is 2.27. The average molecular weight is 284 g/mol.